The van der Waals surface area contributed by atoms with Crippen LogP contribution in [0.5, 0.6) is 0 Å². The van der Waals surface area contributed by atoms with E-state index in [1.54, 1.807) is 6.07 Å². The standard InChI is InChI=1S/C5H6N4O/c1-8-5(10)4(2-6)3-9-7/h3,9H,1,7H2. The van der Waals surface area contributed by atoms with Gasteiger partial charge in [-0.25, -0.2) is 4.99 Å². The van der Waals surface area contributed by atoms with Gasteiger partial charge in [-0.15, -0.1) is 0 Å². The van der Waals surface area contributed by atoms with Gasteiger partial charge in [0, 0.05) is 6.20 Å². The molecule has 0 atom stereocenters. The Kier molecular flexibility index (Phi) is 3.53. The molecule has 0 aliphatic carbocycles. The van der Waals surface area contributed by atoms with Gasteiger partial charge < -0.3 is 5.43 Å². The Labute approximate surface area is 57.8 Å². The number of nitriles is 1. The fraction of sp³-hybridized carbons (Fsp3) is 0. The van der Waals surface area contributed by atoms with Crippen LogP contribution in [-0.4, -0.2) is 12.6 Å². The van der Waals surface area contributed by atoms with Crippen LogP contribution in [0, 0.1) is 11.3 Å². The molecule has 0 rings (SSSR count). The Morgan fingerprint density at radius 3 is 2.80 bits per heavy atom. The van der Waals surface area contributed by atoms with E-state index < -0.39 is 5.91 Å². The first-order valence-electron chi connectivity index (χ1n) is 2.33. The minimum atomic E-state index is -0.694. The summed E-state index contributed by atoms with van der Waals surface area (Å²) < 4.78 is 0. The van der Waals surface area contributed by atoms with Crippen LogP contribution in [-0.2, 0) is 4.79 Å². The Hall–Kier alpha value is -1.67. The van der Waals surface area contributed by atoms with E-state index in [-0.39, 0.29) is 5.57 Å². The van der Waals surface area contributed by atoms with Crippen LogP contribution in [0.2, 0.25) is 0 Å². The summed E-state index contributed by atoms with van der Waals surface area (Å²) in [4.78, 5) is 13.5. The van der Waals surface area contributed by atoms with Crippen molar-refractivity contribution in [3.05, 3.63) is 11.8 Å². The molecule has 0 spiro atoms. The van der Waals surface area contributed by atoms with E-state index in [1.807, 2.05) is 5.43 Å². The van der Waals surface area contributed by atoms with E-state index in [1.165, 1.54) is 0 Å². The summed E-state index contributed by atoms with van der Waals surface area (Å²) in [5.74, 6) is 4.11. The third kappa shape index (κ3) is 2.07. The van der Waals surface area contributed by atoms with Crippen LogP contribution in [0.4, 0.5) is 0 Å². The smallest absolute Gasteiger partial charge is 0.288 e. The topological polar surface area (TPSA) is 91.3 Å². The predicted molar refractivity (Wildman–Crippen MR) is 35.6 cm³/mol. The summed E-state index contributed by atoms with van der Waals surface area (Å²) in [6, 6.07) is 1.59. The number of hydrogen-bond donors (Lipinski definition) is 2. The lowest BCUT2D eigenvalue weighted by molar-refractivity contribution is -0.113. The molecule has 10 heavy (non-hydrogen) atoms. The maximum Gasteiger partial charge on any atom is 0.288 e. The van der Waals surface area contributed by atoms with Crippen LogP contribution in [0.15, 0.2) is 16.8 Å². The number of nitrogens with two attached hydrogens (primary N) is 1. The second-order valence-electron chi connectivity index (χ2n) is 1.30. The number of hydrazine groups is 1. The summed E-state index contributed by atoms with van der Waals surface area (Å²) in [6.07, 6.45) is 1.05. The molecule has 0 aliphatic heterocycles. The van der Waals surface area contributed by atoms with Crippen molar-refractivity contribution >= 4 is 12.6 Å². The second kappa shape index (κ2) is 4.23. The van der Waals surface area contributed by atoms with Crippen LogP contribution in [0.1, 0.15) is 0 Å². The van der Waals surface area contributed by atoms with Crippen molar-refractivity contribution in [1.82, 2.24) is 5.43 Å². The maximum absolute atomic E-state index is 10.5. The summed E-state index contributed by atoms with van der Waals surface area (Å²) in [7, 11) is 0. The molecule has 0 unspecified atom stereocenters. The highest BCUT2D eigenvalue weighted by Crippen LogP contribution is 1.91. The first-order chi connectivity index (χ1) is 4.76. The largest absolute Gasteiger partial charge is 0.330 e. The highest BCUT2D eigenvalue weighted by Gasteiger charge is 2.03. The first-order valence-corrected chi connectivity index (χ1v) is 2.33. The molecular weight excluding hydrogens is 132 g/mol. The number of carbonyl (C=O) groups excluding carboxylic acids is 1. The third-order valence-corrected chi connectivity index (χ3v) is 0.722. The van der Waals surface area contributed by atoms with Crippen LogP contribution in [0.25, 0.3) is 0 Å². The fourth-order valence-electron chi connectivity index (χ4n) is 0.310. The molecular formula is C5H6N4O. The average molecular weight is 138 g/mol. The average Bonchev–Trinajstić information content (AvgIpc) is 1.99. The molecule has 0 aromatic carbocycles. The molecule has 0 radical (unpaired) electrons. The fourth-order valence-corrected chi connectivity index (χ4v) is 0.310. The molecule has 3 N–H and O–H groups in total. The summed E-state index contributed by atoms with van der Waals surface area (Å²) in [6.45, 7) is 2.95. The Morgan fingerprint density at radius 2 is 2.50 bits per heavy atom. The zero-order chi connectivity index (χ0) is 7.98. The highest BCUT2D eigenvalue weighted by atomic mass is 16.1. The highest BCUT2D eigenvalue weighted by molar-refractivity contribution is 5.99. The van der Waals surface area contributed by atoms with E-state index in [4.69, 9.17) is 11.1 Å². The summed E-state index contributed by atoms with van der Waals surface area (Å²) in [5, 5.41) is 8.24. The minimum Gasteiger partial charge on any atom is -0.330 e. The molecule has 0 heterocycles. The zero-order valence-electron chi connectivity index (χ0n) is 5.16. The molecule has 5 heteroatoms. The number of rotatable bonds is 2. The number of hydrogen-bond acceptors (Lipinski definition) is 4. The molecule has 0 aromatic rings. The lowest BCUT2D eigenvalue weighted by atomic mass is 10.3. The van der Waals surface area contributed by atoms with Crippen molar-refractivity contribution in [2.75, 3.05) is 0 Å². The van der Waals surface area contributed by atoms with Crippen molar-refractivity contribution in [2.24, 2.45) is 10.8 Å². The van der Waals surface area contributed by atoms with E-state index in [2.05, 4.69) is 11.7 Å². The quantitative estimate of drug-likeness (QED) is 0.170. The van der Waals surface area contributed by atoms with Gasteiger partial charge in [-0.2, -0.15) is 5.26 Å². The SMILES string of the molecule is C=NC(=O)C(C#N)=CNN. The number of amides is 1. The van der Waals surface area contributed by atoms with Gasteiger partial charge in [0.2, 0.25) is 0 Å². The monoisotopic (exact) mass is 138 g/mol. The summed E-state index contributed by atoms with van der Waals surface area (Å²) >= 11 is 0. The number of carbonyl (C=O) groups is 1. The molecule has 0 fully saturated rings. The van der Waals surface area contributed by atoms with Crippen molar-refractivity contribution in [1.29, 1.82) is 5.26 Å². The zero-order valence-corrected chi connectivity index (χ0v) is 5.16. The van der Waals surface area contributed by atoms with Gasteiger partial charge in [0.1, 0.15) is 11.6 Å². The van der Waals surface area contributed by atoms with E-state index >= 15 is 0 Å². The van der Waals surface area contributed by atoms with Crippen LogP contribution >= 0.6 is 0 Å². The second-order valence-corrected chi connectivity index (χ2v) is 1.30. The van der Waals surface area contributed by atoms with Crippen molar-refractivity contribution < 1.29 is 4.79 Å². The van der Waals surface area contributed by atoms with Gasteiger partial charge >= 0.3 is 0 Å². The minimum absolute atomic E-state index is 0.169. The third-order valence-electron chi connectivity index (χ3n) is 0.722. The van der Waals surface area contributed by atoms with Crippen LogP contribution in [0.3, 0.4) is 0 Å². The Morgan fingerprint density at radius 1 is 1.90 bits per heavy atom. The normalized spacial score (nSPS) is 9.80. The number of nitrogens with one attached hydrogen (secondary N) is 1. The molecule has 0 aromatic heterocycles. The Balaban J connectivity index is 4.39. The lowest BCUT2D eigenvalue weighted by Gasteiger charge is -1.88. The van der Waals surface area contributed by atoms with Crippen LogP contribution < -0.4 is 11.3 Å². The first kappa shape index (κ1) is 8.33. The van der Waals surface area contributed by atoms with Gasteiger partial charge in [0.15, 0.2) is 0 Å². The lowest BCUT2D eigenvalue weighted by Crippen LogP contribution is -2.15. The van der Waals surface area contributed by atoms with Gasteiger partial charge in [0.05, 0.1) is 0 Å². The number of nitrogens with zero attached hydrogens (tertiary/aromatic N) is 2. The van der Waals surface area contributed by atoms with E-state index in [9.17, 15) is 4.79 Å². The van der Waals surface area contributed by atoms with Crippen molar-refractivity contribution in [3.8, 4) is 6.07 Å². The van der Waals surface area contributed by atoms with E-state index in [0.29, 0.717) is 0 Å². The molecule has 0 aliphatic rings. The molecule has 5 nitrogen and oxygen atoms in total. The molecule has 52 valence electrons. The maximum atomic E-state index is 10.5. The molecule has 0 saturated carbocycles. The van der Waals surface area contributed by atoms with Crippen molar-refractivity contribution in [3.63, 3.8) is 0 Å². The molecule has 1 amide bonds. The molecule has 0 bridgehead atoms. The van der Waals surface area contributed by atoms with Gasteiger partial charge in [0.25, 0.3) is 5.91 Å². The molecule has 0 saturated heterocycles. The summed E-state index contributed by atoms with van der Waals surface area (Å²) in [5.41, 5.74) is 1.87. The number of aliphatic imine (C=N–C) groups is 1. The Bertz CT molecular complexity index is 212. The van der Waals surface area contributed by atoms with Gasteiger partial charge in [-0.05, 0) is 6.72 Å². The van der Waals surface area contributed by atoms with Gasteiger partial charge in [-0.3, -0.25) is 10.6 Å². The predicted octanol–water partition coefficient (Wildman–Crippen LogP) is -0.916. The van der Waals surface area contributed by atoms with Crippen molar-refractivity contribution in [2.45, 2.75) is 0 Å². The van der Waals surface area contributed by atoms with E-state index in [0.717, 1.165) is 6.20 Å². The van der Waals surface area contributed by atoms with Gasteiger partial charge in [-0.1, -0.05) is 0 Å².